The lowest BCUT2D eigenvalue weighted by atomic mass is 10.2. The van der Waals surface area contributed by atoms with Gasteiger partial charge in [0.05, 0.1) is 23.2 Å². The first-order chi connectivity index (χ1) is 11.0. The zero-order valence-corrected chi connectivity index (χ0v) is 13.1. The van der Waals surface area contributed by atoms with Gasteiger partial charge in [0.2, 0.25) is 5.91 Å². The van der Waals surface area contributed by atoms with Crippen molar-refractivity contribution in [2.24, 2.45) is 0 Å². The van der Waals surface area contributed by atoms with E-state index in [-0.39, 0.29) is 11.6 Å². The summed E-state index contributed by atoms with van der Waals surface area (Å²) >= 11 is 0. The summed E-state index contributed by atoms with van der Waals surface area (Å²) in [5.41, 5.74) is 0.120. The Morgan fingerprint density at radius 1 is 1.35 bits per heavy atom. The minimum absolute atomic E-state index is 0.0116. The maximum atomic E-state index is 14.1. The molecule has 1 aliphatic heterocycles. The van der Waals surface area contributed by atoms with Crippen molar-refractivity contribution in [1.82, 2.24) is 10.2 Å². The van der Waals surface area contributed by atoms with E-state index in [2.05, 4.69) is 5.32 Å². The minimum Gasteiger partial charge on any atom is -0.368 e. The van der Waals surface area contributed by atoms with Crippen LogP contribution in [0, 0.1) is 15.9 Å². The van der Waals surface area contributed by atoms with Crippen LogP contribution < -0.4 is 10.2 Å². The van der Waals surface area contributed by atoms with Crippen LogP contribution in [0.15, 0.2) is 18.2 Å². The molecular weight excluding hydrogens is 303 g/mol. The summed E-state index contributed by atoms with van der Waals surface area (Å²) in [6.45, 7) is 5.46. The Kier molecular flexibility index (Phi) is 5.86. The van der Waals surface area contributed by atoms with Gasteiger partial charge in [0.15, 0.2) is 5.82 Å². The number of likely N-dealkylation sites (N-methyl/N-ethyl adjacent to an activating group) is 1. The summed E-state index contributed by atoms with van der Waals surface area (Å²) in [6.07, 6.45) is 0.801. The Morgan fingerprint density at radius 2 is 2.13 bits per heavy atom. The van der Waals surface area contributed by atoms with Gasteiger partial charge in [-0.05, 0) is 19.4 Å². The predicted octanol–water partition coefficient (Wildman–Crippen LogP) is 1.38. The molecule has 8 heteroatoms. The first-order valence-corrected chi connectivity index (χ1v) is 7.69. The lowest BCUT2D eigenvalue weighted by Crippen LogP contribution is -2.39. The molecule has 1 heterocycles. The largest absolute Gasteiger partial charge is 0.368 e. The molecule has 1 aromatic carbocycles. The average Bonchev–Trinajstić information content (AvgIpc) is 2.73. The van der Waals surface area contributed by atoms with Crippen LogP contribution in [-0.4, -0.2) is 55.0 Å². The van der Waals surface area contributed by atoms with Gasteiger partial charge in [0.25, 0.3) is 5.69 Å². The molecule has 1 amide bonds. The highest BCUT2D eigenvalue weighted by molar-refractivity contribution is 5.77. The summed E-state index contributed by atoms with van der Waals surface area (Å²) in [6, 6.07) is 3.72. The Morgan fingerprint density at radius 3 is 2.78 bits per heavy atom. The maximum Gasteiger partial charge on any atom is 0.272 e. The third kappa shape index (κ3) is 4.62. The van der Waals surface area contributed by atoms with Gasteiger partial charge in [-0.2, -0.15) is 0 Å². The molecule has 1 aromatic rings. The van der Waals surface area contributed by atoms with Crippen molar-refractivity contribution in [2.75, 3.05) is 44.2 Å². The molecule has 2 rings (SSSR count). The zero-order chi connectivity index (χ0) is 16.8. The Balaban J connectivity index is 2.00. The summed E-state index contributed by atoms with van der Waals surface area (Å²) in [5.74, 6) is -0.598. The lowest BCUT2D eigenvalue weighted by molar-refractivity contribution is -0.385. The minimum atomic E-state index is -0.608. The second-order valence-electron chi connectivity index (χ2n) is 5.46. The van der Waals surface area contributed by atoms with Crippen LogP contribution in [0.4, 0.5) is 15.8 Å². The number of nitrogens with zero attached hydrogens (tertiary/aromatic N) is 3. The predicted molar refractivity (Wildman–Crippen MR) is 85.0 cm³/mol. The number of nitro benzene ring substituents is 1. The first-order valence-electron chi connectivity index (χ1n) is 7.69. The number of benzene rings is 1. The Labute approximate surface area is 134 Å². The number of amides is 1. The van der Waals surface area contributed by atoms with Gasteiger partial charge in [-0.15, -0.1) is 0 Å². The molecule has 0 radical (unpaired) electrons. The van der Waals surface area contributed by atoms with Crippen molar-refractivity contribution in [3.05, 3.63) is 34.1 Å². The third-order valence-corrected chi connectivity index (χ3v) is 3.81. The van der Waals surface area contributed by atoms with Gasteiger partial charge < -0.3 is 10.2 Å². The van der Waals surface area contributed by atoms with Crippen LogP contribution in [-0.2, 0) is 4.79 Å². The second kappa shape index (κ2) is 7.87. The monoisotopic (exact) mass is 324 g/mol. The van der Waals surface area contributed by atoms with Crippen LogP contribution in [0.1, 0.15) is 13.3 Å². The van der Waals surface area contributed by atoms with Crippen LogP contribution in [0.2, 0.25) is 0 Å². The second-order valence-corrected chi connectivity index (χ2v) is 5.46. The van der Waals surface area contributed by atoms with Gasteiger partial charge in [-0.25, -0.2) is 4.39 Å². The number of halogens is 1. The van der Waals surface area contributed by atoms with Crippen molar-refractivity contribution in [3.8, 4) is 0 Å². The number of hydrogen-bond acceptors (Lipinski definition) is 5. The van der Waals surface area contributed by atoms with Gasteiger partial charge in [-0.1, -0.05) is 0 Å². The van der Waals surface area contributed by atoms with E-state index in [1.165, 1.54) is 12.1 Å². The van der Waals surface area contributed by atoms with E-state index in [4.69, 9.17) is 0 Å². The van der Waals surface area contributed by atoms with Crippen molar-refractivity contribution in [2.45, 2.75) is 13.3 Å². The summed E-state index contributed by atoms with van der Waals surface area (Å²) < 4.78 is 14.1. The van der Waals surface area contributed by atoms with Crippen molar-refractivity contribution in [3.63, 3.8) is 0 Å². The van der Waals surface area contributed by atoms with Crippen LogP contribution >= 0.6 is 0 Å². The molecule has 1 saturated heterocycles. The van der Waals surface area contributed by atoms with Gasteiger partial charge in [0, 0.05) is 38.8 Å². The van der Waals surface area contributed by atoms with E-state index in [0.29, 0.717) is 38.4 Å². The highest BCUT2D eigenvalue weighted by atomic mass is 19.1. The molecule has 126 valence electrons. The average molecular weight is 324 g/mol. The van der Waals surface area contributed by atoms with E-state index < -0.39 is 10.7 Å². The SMILES string of the molecule is CCNC(=O)CN1CCCN(c2ccc([N+](=O)[O-])cc2F)CC1. The number of anilines is 1. The quantitative estimate of drug-likeness (QED) is 0.654. The number of rotatable bonds is 5. The fraction of sp³-hybridized carbons (Fsp3) is 0.533. The molecule has 0 unspecified atom stereocenters. The molecule has 0 aromatic heterocycles. The number of nitrogens with one attached hydrogen (secondary N) is 1. The summed E-state index contributed by atoms with van der Waals surface area (Å²) in [4.78, 5) is 25.6. The smallest absolute Gasteiger partial charge is 0.272 e. The van der Waals surface area contributed by atoms with Gasteiger partial charge >= 0.3 is 0 Å². The number of hydrogen-bond donors (Lipinski definition) is 1. The van der Waals surface area contributed by atoms with Crippen LogP contribution in [0.25, 0.3) is 0 Å². The third-order valence-electron chi connectivity index (χ3n) is 3.81. The highest BCUT2D eigenvalue weighted by Crippen LogP contribution is 2.25. The molecule has 1 N–H and O–H groups in total. The van der Waals surface area contributed by atoms with Gasteiger partial charge in [-0.3, -0.25) is 19.8 Å². The highest BCUT2D eigenvalue weighted by Gasteiger charge is 2.20. The van der Waals surface area contributed by atoms with E-state index >= 15 is 0 Å². The standard InChI is InChI=1S/C15H21FN4O3/c1-2-17-15(21)11-18-6-3-7-19(9-8-18)14-5-4-12(20(22)23)10-13(14)16/h4-5,10H,2-3,6-9,11H2,1H3,(H,17,21). The molecule has 0 aliphatic carbocycles. The number of non-ortho nitro benzene ring substituents is 1. The number of nitro groups is 1. The van der Waals surface area contributed by atoms with Crippen LogP contribution in [0.5, 0.6) is 0 Å². The fourth-order valence-corrected chi connectivity index (χ4v) is 2.69. The van der Waals surface area contributed by atoms with Gasteiger partial charge in [0.1, 0.15) is 0 Å². The molecule has 0 bridgehead atoms. The van der Waals surface area contributed by atoms with E-state index in [1.54, 1.807) is 0 Å². The summed E-state index contributed by atoms with van der Waals surface area (Å²) in [5, 5.41) is 13.4. The van der Waals surface area contributed by atoms with Crippen molar-refractivity contribution < 1.29 is 14.1 Å². The van der Waals surface area contributed by atoms with Crippen molar-refractivity contribution in [1.29, 1.82) is 0 Å². The van der Waals surface area contributed by atoms with E-state index in [1.807, 2.05) is 16.7 Å². The molecule has 0 spiro atoms. The van der Waals surface area contributed by atoms with E-state index in [9.17, 15) is 19.3 Å². The maximum absolute atomic E-state index is 14.1. The molecule has 23 heavy (non-hydrogen) atoms. The molecular formula is C15H21FN4O3. The lowest BCUT2D eigenvalue weighted by Gasteiger charge is -2.23. The Bertz CT molecular complexity index is 582. The molecule has 1 aliphatic rings. The Hall–Kier alpha value is -2.22. The number of carbonyl (C=O) groups excluding carboxylic acids is 1. The molecule has 0 saturated carbocycles. The first kappa shape index (κ1) is 17.1. The molecule has 0 atom stereocenters. The summed E-state index contributed by atoms with van der Waals surface area (Å²) in [7, 11) is 0. The van der Waals surface area contributed by atoms with E-state index in [0.717, 1.165) is 19.0 Å². The normalized spacial score (nSPS) is 16.0. The van der Waals surface area contributed by atoms with Crippen molar-refractivity contribution >= 4 is 17.3 Å². The topological polar surface area (TPSA) is 78.7 Å². The fourth-order valence-electron chi connectivity index (χ4n) is 2.69. The zero-order valence-electron chi connectivity index (χ0n) is 13.1. The molecule has 1 fully saturated rings. The molecule has 7 nitrogen and oxygen atoms in total. The van der Waals surface area contributed by atoms with Crippen LogP contribution in [0.3, 0.4) is 0 Å². The number of carbonyl (C=O) groups is 1.